The van der Waals surface area contributed by atoms with E-state index in [0.29, 0.717) is 19.3 Å². The number of esters is 3. The number of hydrogen-bond acceptors (Lipinski definition) is 6. The Labute approximate surface area is 513 Å². The molecule has 1 unspecified atom stereocenters. The topological polar surface area (TPSA) is 78.9 Å². The van der Waals surface area contributed by atoms with Crippen molar-refractivity contribution in [3.05, 3.63) is 134 Å². The van der Waals surface area contributed by atoms with Gasteiger partial charge in [-0.15, -0.1) is 0 Å². The van der Waals surface area contributed by atoms with Gasteiger partial charge < -0.3 is 14.2 Å². The van der Waals surface area contributed by atoms with Crippen LogP contribution in [0.25, 0.3) is 0 Å². The first-order chi connectivity index (χ1) is 41.0. The van der Waals surface area contributed by atoms with Crippen LogP contribution in [0.5, 0.6) is 0 Å². The molecule has 0 bridgehead atoms. The molecule has 0 spiro atoms. The lowest BCUT2D eigenvalue weighted by molar-refractivity contribution is -0.167. The van der Waals surface area contributed by atoms with Gasteiger partial charge in [0, 0.05) is 19.3 Å². The minimum absolute atomic E-state index is 0.0832. The number of allylic oxidation sites excluding steroid dienone is 22. The molecule has 0 aromatic rings. The van der Waals surface area contributed by atoms with Crippen molar-refractivity contribution >= 4 is 17.9 Å². The van der Waals surface area contributed by atoms with Crippen molar-refractivity contribution in [3.63, 3.8) is 0 Å². The van der Waals surface area contributed by atoms with Crippen LogP contribution in [0.2, 0.25) is 0 Å². The summed E-state index contributed by atoms with van der Waals surface area (Å²) < 4.78 is 16.8. The monoisotopic (exact) mass is 1150 g/mol. The number of ether oxygens (including phenoxy) is 3. The Morgan fingerprint density at radius 1 is 0.253 bits per heavy atom. The summed E-state index contributed by atoms with van der Waals surface area (Å²) in [6.45, 7) is 6.44. The highest BCUT2D eigenvalue weighted by atomic mass is 16.6. The first kappa shape index (κ1) is 78.5. The molecule has 6 nitrogen and oxygen atoms in total. The highest BCUT2D eigenvalue weighted by Gasteiger charge is 2.19. The lowest BCUT2D eigenvalue weighted by Crippen LogP contribution is -2.30. The molecule has 0 rings (SSSR count). The molecule has 0 aromatic carbocycles. The summed E-state index contributed by atoms with van der Waals surface area (Å²) in [5, 5.41) is 0. The fraction of sp³-hybridized carbons (Fsp3) is 0.675. The van der Waals surface area contributed by atoms with Gasteiger partial charge in [-0.1, -0.05) is 309 Å². The van der Waals surface area contributed by atoms with Crippen LogP contribution in [0.15, 0.2) is 134 Å². The van der Waals surface area contributed by atoms with Crippen LogP contribution in [0.4, 0.5) is 0 Å². The van der Waals surface area contributed by atoms with Gasteiger partial charge in [0.2, 0.25) is 0 Å². The first-order valence-corrected chi connectivity index (χ1v) is 34.7. The van der Waals surface area contributed by atoms with Gasteiger partial charge in [0.05, 0.1) is 0 Å². The first-order valence-electron chi connectivity index (χ1n) is 34.7. The van der Waals surface area contributed by atoms with Crippen LogP contribution in [0.3, 0.4) is 0 Å². The largest absolute Gasteiger partial charge is 0.462 e. The third kappa shape index (κ3) is 68.2. The molecule has 0 saturated carbocycles. The number of unbranched alkanes of at least 4 members (excludes halogenated alkanes) is 29. The van der Waals surface area contributed by atoms with Crippen LogP contribution in [0, 0.1) is 0 Å². The summed E-state index contributed by atoms with van der Waals surface area (Å²) in [6.07, 6.45) is 99.5. The van der Waals surface area contributed by atoms with E-state index >= 15 is 0 Å². The summed E-state index contributed by atoms with van der Waals surface area (Å²) in [5.41, 5.74) is 0. The maximum atomic E-state index is 12.9. The van der Waals surface area contributed by atoms with Crippen LogP contribution in [-0.4, -0.2) is 37.2 Å². The minimum atomic E-state index is -0.783. The fourth-order valence-electron chi connectivity index (χ4n) is 9.47. The van der Waals surface area contributed by atoms with Crippen molar-refractivity contribution in [1.82, 2.24) is 0 Å². The highest BCUT2D eigenvalue weighted by Crippen LogP contribution is 2.16. The molecule has 0 amide bonds. The van der Waals surface area contributed by atoms with Crippen LogP contribution >= 0.6 is 0 Å². The zero-order valence-corrected chi connectivity index (χ0v) is 54.2. The quantitative estimate of drug-likeness (QED) is 0.0261. The zero-order valence-electron chi connectivity index (χ0n) is 54.2. The molecule has 0 saturated heterocycles. The average Bonchev–Trinajstić information content (AvgIpc) is 3.49. The molecule has 0 aliphatic carbocycles. The molecular weight excluding hydrogens is 1020 g/mol. The molecule has 0 heterocycles. The van der Waals surface area contributed by atoms with Crippen molar-refractivity contribution < 1.29 is 28.6 Å². The molecule has 472 valence electrons. The molecule has 0 fully saturated rings. The second-order valence-electron chi connectivity index (χ2n) is 22.7. The number of rotatable bonds is 62. The van der Waals surface area contributed by atoms with Crippen LogP contribution in [0.1, 0.15) is 316 Å². The van der Waals surface area contributed by atoms with Gasteiger partial charge in [-0.3, -0.25) is 14.4 Å². The molecule has 1 atom stereocenters. The normalized spacial score (nSPS) is 13.0. The van der Waals surface area contributed by atoms with Crippen molar-refractivity contribution in [1.29, 1.82) is 0 Å². The van der Waals surface area contributed by atoms with E-state index in [1.807, 2.05) is 0 Å². The minimum Gasteiger partial charge on any atom is -0.462 e. The Bertz CT molecular complexity index is 1750. The van der Waals surface area contributed by atoms with Gasteiger partial charge in [-0.05, 0) is 122 Å². The van der Waals surface area contributed by atoms with Gasteiger partial charge in [0.15, 0.2) is 6.10 Å². The smallest absolute Gasteiger partial charge is 0.306 e. The molecule has 0 aliphatic rings. The molecule has 6 heteroatoms. The van der Waals surface area contributed by atoms with E-state index in [9.17, 15) is 14.4 Å². The van der Waals surface area contributed by atoms with Crippen molar-refractivity contribution in [2.75, 3.05) is 13.2 Å². The predicted octanol–water partition coefficient (Wildman–Crippen LogP) is 24.1. The van der Waals surface area contributed by atoms with Gasteiger partial charge in [-0.25, -0.2) is 0 Å². The maximum Gasteiger partial charge on any atom is 0.306 e. The van der Waals surface area contributed by atoms with E-state index in [4.69, 9.17) is 14.2 Å². The Kier molecular flexibility index (Phi) is 66.3. The number of carbonyl (C=O) groups is 3. The second kappa shape index (κ2) is 70.0. The van der Waals surface area contributed by atoms with Crippen molar-refractivity contribution in [2.24, 2.45) is 0 Å². The molecular formula is C77H128O6. The highest BCUT2D eigenvalue weighted by molar-refractivity contribution is 5.71. The average molecular weight is 1150 g/mol. The summed E-state index contributed by atoms with van der Waals surface area (Å²) in [7, 11) is 0. The van der Waals surface area contributed by atoms with E-state index in [-0.39, 0.29) is 31.1 Å². The van der Waals surface area contributed by atoms with Crippen molar-refractivity contribution in [3.8, 4) is 0 Å². The lowest BCUT2D eigenvalue weighted by atomic mass is 10.0. The van der Waals surface area contributed by atoms with E-state index in [0.717, 1.165) is 135 Å². The summed E-state index contributed by atoms with van der Waals surface area (Å²) in [5.74, 6) is -0.903. The Hall–Kier alpha value is -4.45. The van der Waals surface area contributed by atoms with Crippen molar-refractivity contribution in [2.45, 2.75) is 322 Å². The van der Waals surface area contributed by atoms with E-state index in [1.165, 1.54) is 141 Å². The molecule has 0 radical (unpaired) electrons. The van der Waals surface area contributed by atoms with Gasteiger partial charge in [0.1, 0.15) is 13.2 Å². The fourth-order valence-corrected chi connectivity index (χ4v) is 9.47. The van der Waals surface area contributed by atoms with E-state index in [2.05, 4.69) is 154 Å². The van der Waals surface area contributed by atoms with E-state index in [1.54, 1.807) is 0 Å². The number of hydrogen-bond donors (Lipinski definition) is 0. The van der Waals surface area contributed by atoms with Gasteiger partial charge >= 0.3 is 17.9 Å². The number of carbonyl (C=O) groups excluding carboxylic acids is 3. The molecule has 83 heavy (non-hydrogen) atoms. The Morgan fingerprint density at radius 2 is 0.470 bits per heavy atom. The SMILES string of the molecule is CC/C=C\C/C=C\C/C=C\C/C=C\C/C=C\C/C=C\C/C=C\C/C=C\CCCCCCCCCCC(=O)OCC(COC(=O)CCCCCCC)OC(=O)CCCCCCCCCCCCCC/C=C\C/C=C\C/C=C\CCCCCCC. The second-order valence-corrected chi connectivity index (χ2v) is 22.7. The lowest BCUT2D eigenvalue weighted by Gasteiger charge is -2.18. The zero-order chi connectivity index (χ0) is 59.9. The summed E-state index contributed by atoms with van der Waals surface area (Å²) in [4.78, 5) is 38.0. The van der Waals surface area contributed by atoms with Gasteiger partial charge in [-0.2, -0.15) is 0 Å². The van der Waals surface area contributed by atoms with Crippen LogP contribution in [-0.2, 0) is 28.6 Å². The Morgan fingerprint density at radius 3 is 0.735 bits per heavy atom. The molecule has 0 aliphatic heterocycles. The maximum absolute atomic E-state index is 12.9. The summed E-state index contributed by atoms with van der Waals surface area (Å²) in [6, 6.07) is 0. The molecule has 0 N–H and O–H groups in total. The summed E-state index contributed by atoms with van der Waals surface area (Å²) >= 11 is 0. The third-order valence-corrected chi connectivity index (χ3v) is 14.6. The third-order valence-electron chi connectivity index (χ3n) is 14.6. The van der Waals surface area contributed by atoms with Gasteiger partial charge in [0.25, 0.3) is 0 Å². The predicted molar refractivity (Wildman–Crippen MR) is 362 cm³/mol. The van der Waals surface area contributed by atoms with Crippen LogP contribution < -0.4 is 0 Å². The molecule has 0 aromatic heterocycles. The standard InChI is InChI=1S/C77H128O6/c1-4-7-10-13-15-17-19-21-23-25-27-29-31-33-35-36-37-38-39-40-42-43-45-47-49-51-53-55-57-59-61-64-67-70-76(79)82-73-74(72-81-75(78)69-66-63-12-9-6-3)83-77(80)71-68-65-62-60-58-56-54-52-50-48-46-44-41-34-32-30-28-26-24-22-20-18-16-14-11-8-5-2/h7,10,15,17,20-23,26-29,32-35,37-38,40,42,45,47,74H,4-6,8-9,11-14,16,18-19,24-25,30-31,36,39,41,43-44,46,48-73H2,1-3H3/b10-7-,17-15-,22-20-,23-21-,28-26-,29-27-,34-32-,35-33-,38-37-,42-40-,47-45-. The van der Waals surface area contributed by atoms with E-state index < -0.39 is 6.10 Å². The Balaban J connectivity index is 4.06.